The van der Waals surface area contributed by atoms with Crippen LogP contribution in [0.5, 0.6) is 0 Å². The monoisotopic (exact) mass is 236 g/mol. The molecule has 0 aliphatic rings. The van der Waals surface area contributed by atoms with Crippen molar-refractivity contribution >= 4 is 21.6 Å². The Morgan fingerprint density at radius 2 is 2.25 bits per heavy atom. The lowest BCUT2D eigenvalue weighted by molar-refractivity contribution is 0.177. The molecule has 2 N–H and O–H groups in total. The predicted molar refractivity (Wildman–Crippen MR) is 67.8 cm³/mol. The Morgan fingerprint density at radius 1 is 1.44 bits per heavy atom. The van der Waals surface area contributed by atoms with Crippen molar-refractivity contribution in [2.75, 3.05) is 13.7 Å². The van der Waals surface area contributed by atoms with E-state index in [1.807, 2.05) is 18.2 Å². The molecule has 86 valence electrons. The first-order valence-electron chi connectivity index (χ1n) is 5.38. The van der Waals surface area contributed by atoms with E-state index in [2.05, 4.69) is 11.1 Å². The topological polar surface area (TPSA) is 48.1 Å². The number of ether oxygens (including phenoxy) is 1. The minimum absolute atomic E-state index is 0.108. The quantitative estimate of drug-likeness (QED) is 0.865. The molecule has 2 aromatic rings. The largest absolute Gasteiger partial charge is 0.383 e. The third-order valence-corrected chi connectivity index (χ3v) is 3.54. The van der Waals surface area contributed by atoms with E-state index in [-0.39, 0.29) is 6.04 Å². The number of rotatable bonds is 5. The van der Waals surface area contributed by atoms with E-state index in [1.165, 1.54) is 4.70 Å². The van der Waals surface area contributed by atoms with Crippen molar-refractivity contribution in [2.24, 2.45) is 5.73 Å². The molecular formula is C12H16N2OS. The second-order valence-corrected chi connectivity index (χ2v) is 4.94. The molecule has 0 aliphatic heterocycles. The second kappa shape index (κ2) is 5.39. The summed E-state index contributed by atoms with van der Waals surface area (Å²) in [6, 6.07) is 8.32. The first kappa shape index (κ1) is 11.5. The van der Waals surface area contributed by atoms with Gasteiger partial charge in [0.1, 0.15) is 0 Å². The molecule has 4 heteroatoms. The highest BCUT2D eigenvalue weighted by atomic mass is 32.1. The predicted octanol–water partition coefficient (Wildman–Crippen LogP) is 2.20. The van der Waals surface area contributed by atoms with E-state index in [9.17, 15) is 0 Å². The van der Waals surface area contributed by atoms with Gasteiger partial charge in [0, 0.05) is 19.6 Å². The Hall–Kier alpha value is -0.970. The maximum atomic E-state index is 5.88. The van der Waals surface area contributed by atoms with Gasteiger partial charge >= 0.3 is 0 Å². The summed E-state index contributed by atoms with van der Waals surface area (Å²) in [4.78, 5) is 4.57. The smallest absolute Gasteiger partial charge is 0.0939 e. The number of methoxy groups -OCH3 is 1. The van der Waals surface area contributed by atoms with Crippen LogP contribution in [0, 0.1) is 0 Å². The lowest BCUT2D eigenvalue weighted by atomic mass is 10.2. The van der Waals surface area contributed by atoms with Gasteiger partial charge in [-0.25, -0.2) is 4.98 Å². The van der Waals surface area contributed by atoms with Crippen molar-refractivity contribution in [3.8, 4) is 0 Å². The number of nitrogens with zero attached hydrogens (tertiary/aromatic N) is 1. The highest BCUT2D eigenvalue weighted by Crippen LogP contribution is 2.22. The van der Waals surface area contributed by atoms with Gasteiger partial charge in [0.2, 0.25) is 0 Å². The Morgan fingerprint density at radius 3 is 3.00 bits per heavy atom. The van der Waals surface area contributed by atoms with E-state index in [0.717, 1.165) is 23.4 Å². The molecule has 0 saturated heterocycles. The second-order valence-electron chi connectivity index (χ2n) is 3.83. The standard InChI is InChI=1S/C12H16N2OS/c1-15-8-9(13)6-7-12-14-10-4-2-3-5-11(10)16-12/h2-5,9H,6-8,13H2,1H3. The number of thiazole rings is 1. The summed E-state index contributed by atoms with van der Waals surface area (Å²) in [5.41, 5.74) is 6.96. The van der Waals surface area contributed by atoms with E-state index in [4.69, 9.17) is 10.5 Å². The maximum Gasteiger partial charge on any atom is 0.0939 e. The number of hydrogen-bond acceptors (Lipinski definition) is 4. The molecule has 0 spiro atoms. The van der Waals surface area contributed by atoms with E-state index in [0.29, 0.717) is 6.61 Å². The molecule has 0 amide bonds. The minimum atomic E-state index is 0.108. The van der Waals surface area contributed by atoms with Crippen molar-refractivity contribution in [2.45, 2.75) is 18.9 Å². The molecule has 0 fully saturated rings. The first-order chi connectivity index (χ1) is 7.79. The van der Waals surface area contributed by atoms with Gasteiger partial charge < -0.3 is 10.5 Å². The third-order valence-electron chi connectivity index (χ3n) is 2.45. The van der Waals surface area contributed by atoms with Crippen LogP contribution in [0.2, 0.25) is 0 Å². The number of hydrogen-bond donors (Lipinski definition) is 1. The van der Waals surface area contributed by atoms with Crippen LogP contribution in [0.4, 0.5) is 0 Å². The van der Waals surface area contributed by atoms with Crippen LogP contribution in [0.3, 0.4) is 0 Å². The fraction of sp³-hybridized carbons (Fsp3) is 0.417. The van der Waals surface area contributed by atoms with Gasteiger partial charge in [-0.1, -0.05) is 12.1 Å². The number of para-hydroxylation sites is 1. The molecule has 0 aliphatic carbocycles. The summed E-state index contributed by atoms with van der Waals surface area (Å²) in [5.74, 6) is 0. The maximum absolute atomic E-state index is 5.88. The molecule has 1 aromatic heterocycles. The van der Waals surface area contributed by atoms with Gasteiger partial charge in [0.25, 0.3) is 0 Å². The van der Waals surface area contributed by atoms with Crippen molar-refractivity contribution in [1.29, 1.82) is 0 Å². The molecular weight excluding hydrogens is 220 g/mol. The van der Waals surface area contributed by atoms with Crippen molar-refractivity contribution in [3.05, 3.63) is 29.3 Å². The molecule has 1 atom stereocenters. The molecule has 16 heavy (non-hydrogen) atoms. The van der Waals surface area contributed by atoms with Crippen LogP contribution < -0.4 is 5.73 Å². The van der Waals surface area contributed by atoms with Gasteiger partial charge in [0.05, 0.1) is 21.8 Å². The van der Waals surface area contributed by atoms with Gasteiger partial charge in [0.15, 0.2) is 0 Å². The summed E-state index contributed by atoms with van der Waals surface area (Å²) in [5, 5.41) is 1.16. The summed E-state index contributed by atoms with van der Waals surface area (Å²) in [7, 11) is 1.68. The Balaban J connectivity index is 1.99. The summed E-state index contributed by atoms with van der Waals surface area (Å²) in [6.07, 6.45) is 1.86. The summed E-state index contributed by atoms with van der Waals surface area (Å²) >= 11 is 1.75. The zero-order chi connectivity index (χ0) is 11.4. The zero-order valence-electron chi connectivity index (χ0n) is 9.35. The lowest BCUT2D eigenvalue weighted by Gasteiger charge is -2.07. The minimum Gasteiger partial charge on any atom is -0.383 e. The normalized spacial score (nSPS) is 13.1. The van der Waals surface area contributed by atoms with Crippen molar-refractivity contribution in [3.63, 3.8) is 0 Å². The fourth-order valence-corrected chi connectivity index (χ4v) is 2.62. The Bertz CT molecular complexity index is 422. The SMILES string of the molecule is COCC(N)CCc1nc2ccccc2s1. The molecule has 3 nitrogen and oxygen atoms in total. The summed E-state index contributed by atoms with van der Waals surface area (Å²) in [6.45, 7) is 0.616. The van der Waals surface area contributed by atoms with Crippen LogP contribution >= 0.6 is 11.3 Å². The van der Waals surface area contributed by atoms with E-state index < -0.39 is 0 Å². The molecule has 1 aromatic carbocycles. The third kappa shape index (κ3) is 2.78. The highest BCUT2D eigenvalue weighted by molar-refractivity contribution is 7.18. The van der Waals surface area contributed by atoms with E-state index in [1.54, 1.807) is 18.4 Å². The fourth-order valence-electron chi connectivity index (χ4n) is 1.63. The van der Waals surface area contributed by atoms with Gasteiger partial charge in [-0.05, 0) is 18.6 Å². The lowest BCUT2D eigenvalue weighted by Crippen LogP contribution is -2.25. The number of benzene rings is 1. The molecule has 0 bridgehead atoms. The zero-order valence-corrected chi connectivity index (χ0v) is 10.2. The number of nitrogens with two attached hydrogens (primary N) is 1. The van der Waals surface area contributed by atoms with Crippen molar-refractivity contribution < 1.29 is 4.74 Å². The Kier molecular flexibility index (Phi) is 3.88. The summed E-state index contributed by atoms with van der Waals surface area (Å²) < 4.78 is 6.26. The van der Waals surface area contributed by atoms with Crippen LogP contribution in [0.1, 0.15) is 11.4 Å². The van der Waals surface area contributed by atoms with Crippen LogP contribution in [0.25, 0.3) is 10.2 Å². The number of aromatic nitrogens is 1. The van der Waals surface area contributed by atoms with Gasteiger partial charge in [-0.2, -0.15) is 0 Å². The Labute approximate surface area is 99.3 Å². The first-order valence-corrected chi connectivity index (χ1v) is 6.20. The average Bonchev–Trinajstić information content (AvgIpc) is 2.69. The van der Waals surface area contributed by atoms with Gasteiger partial charge in [-0.15, -0.1) is 11.3 Å². The van der Waals surface area contributed by atoms with Crippen LogP contribution in [-0.2, 0) is 11.2 Å². The molecule has 2 rings (SSSR count). The van der Waals surface area contributed by atoms with Gasteiger partial charge in [-0.3, -0.25) is 0 Å². The average molecular weight is 236 g/mol. The van der Waals surface area contributed by atoms with E-state index >= 15 is 0 Å². The molecule has 1 heterocycles. The molecule has 1 unspecified atom stereocenters. The van der Waals surface area contributed by atoms with Crippen LogP contribution in [0.15, 0.2) is 24.3 Å². The number of aryl methyl sites for hydroxylation is 1. The van der Waals surface area contributed by atoms with Crippen LogP contribution in [-0.4, -0.2) is 24.7 Å². The molecule has 0 saturated carbocycles. The number of fused-ring (bicyclic) bond motifs is 1. The molecule has 0 radical (unpaired) electrons. The van der Waals surface area contributed by atoms with Crippen molar-refractivity contribution in [1.82, 2.24) is 4.98 Å². The highest BCUT2D eigenvalue weighted by Gasteiger charge is 2.06.